The first-order valence-electron chi connectivity index (χ1n) is 7.30. The van der Waals surface area contributed by atoms with Crippen LogP contribution in [0.15, 0.2) is 36.5 Å². The SMILES string of the molecule is NNC(CC1CCCCO1)c1cccc2ncccc12. The molecule has 0 spiro atoms. The van der Waals surface area contributed by atoms with Gasteiger partial charge in [0.25, 0.3) is 0 Å². The Kier molecular flexibility index (Phi) is 4.25. The quantitative estimate of drug-likeness (QED) is 0.663. The molecule has 4 nitrogen and oxygen atoms in total. The normalized spacial score (nSPS) is 20.9. The van der Waals surface area contributed by atoms with E-state index in [0.29, 0.717) is 6.10 Å². The van der Waals surface area contributed by atoms with Crippen molar-refractivity contribution in [3.8, 4) is 0 Å². The third kappa shape index (κ3) is 2.82. The number of benzene rings is 1. The number of hydrogen-bond donors (Lipinski definition) is 2. The number of nitrogens with one attached hydrogen (secondary N) is 1. The second-order valence-corrected chi connectivity index (χ2v) is 5.36. The molecule has 1 saturated heterocycles. The molecule has 2 heterocycles. The number of ether oxygens (including phenoxy) is 1. The molecule has 2 unspecified atom stereocenters. The van der Waals surface area contributed by atoms with Gasteiger partial charge in [0.1, 0.15) is 0 Å². The van der Waals surface area contributed by atoms with Crippen molar-refractivity contribution in [2.24, 2.45) is 5.84 Å². The van der Waals surface area contributed by atoms with Gasteiger partial charge < -0.3 is 4.74 Å². The minimum absolute atomic E-state index is 0.103. The van der Waals surface area contributed by atoms with Crippen molar-refractivity contribution in [2.75, 3.05) is 6.61 Å². The van der Waals surface area contributed by atoms with Gasteiger partial charge in [-0.05, 0) is 43.4 Å². The van der Waals surface area contributed by atoms with Crippen LogP contribution in [-0.4, -0.2) is 17.7 Å². The maximum Gasteiger partial charge on any atom is 0.0705 e. The average molecular weight is 271 g/mol. The summed E-state index contributed by atoms with van der Waals surface area (Å²) in [6.07, 6.45) is 6.58. The van der Waals surface area contributed by atoms with E-state index in [1.54, 1.807) is 0 Å². The summed E-state index contributed by atoms with van der Waals surface area (Å²) >= 11 is 0. The summed E-state index contributed by atoms with van der Waals surface area (Å²) < 4.78 is 5.83. The van der Waals surface area contributed by atoms with Gasteiger partial charge in [0.05, 0.1) is 11.6 Å². The number of hydrogen-bond acceptors (Lipinski definition) is 4. The van der Waals surface area contributed by atoms with Gasteiger partial charge in [0, 0.05) is 24.2 Å². The molecule has 0 aliphatic carbocycles. The fourth-order valence-electron chi connectivity index (χ4n) is 2.97. The Morgan fingerprint density at radius 1 is 1.30 bits per heavy atom. The van der Waals surface area contributed by atoms with Crippen LogP contribution >= 0.6 is 0 Å². The van der Waals surface area contributed by atoms with Crippen molar-refractivity contribution in [3.05, 3.63) is 42.1 Å². The highest BCUT2D eigenvalue weighted by Crippen LogP contribution is 2.28. The maximum atomic E-state index is 5.83. The zero-order valence-electron chi connectivity index (χ0n) is 11.6. The zero-order valence-corrected chi connectivity index (χ0v) is 11.6. The lowest BCUT2D eigenvalue weighted by atomic mass is 9.94. The van der Waals surface area contributed by atoms with E-state index in [9.17, 15) is 0 Å². The van der Waals surface area contributed by atoms with Crippen molar-refractivity contribution in [1.82, 2.24) is 10.4 Å². The van der Waals surface area contributed by atoms with E-state index >= 15 is 0 Å². The largest absolute Gasteiger partial charge is 0.378 e. The van der Waals surface area contributed by atoms with Crippen LogP contribution in [-0.2, 0) is 4.74 Å². The standard InChI is InChI=1S/C16H21N3O/c17-19-16(11-12-5-1-2-10-20-12)14-6-3-8-15-13(14)7-4-9-18-15/h3-4,6-9,12,16,19H,1-2,5,10-11,17H2. The molecule has 0 amide bonds. The van der Waals surface area contributed by atoms with E-state index in [0.717, 1.165) is 30.4 Å². The van der Waals surface area contributed by atoms with Gasteiger partial charge in [-0.25, -0.2) is 0 Å². The van der Waals surface area contributed by atoms with Gasteiger partial charge >= 0.3 is 0 Å². The van der Waals surface area contributed by atoms with E-state index in [1.807, 2.05) is 24.4 Å². The van der Waals surface area contributed by atoms with Crippen molar-refractivity contribution in [2.45, 2.75) is 37.8 Å². The lowest BCUT2D eigenvalue weighted by Gasteiger charge is -2.27. The molecule has 106 valence electrons. The summed E-state index contributed by atoms with van der Waals surface area (Å²) in [7, 11) is 0. The minimum atomic E-state index is 0.103. The van der Waals surface area contributed by atoms with Gasteiger partial charge in [-0.3, -0.25) is 16.3 Å². The van der Waals surface area contributed by atoms with Crippen LogP contribution in [0.25, 0.3) is 10.9 Å². The molecule has 4 heteroatoms. The first-order chi connectivity index (χ1) is 9.88. The van der Waals surface area contributed by atoms with Crippen LogP contribution in [0.1, 0.15) is 37.3 Å². The summed E-state index contributed by atoms with van der Waals surface area (Å²) in [5, 5.41) is 1.16. The summed E-state index contributed by atoms with van der Waals surface area (Å²) in [5.41, 5.74) is 5.16. The number of pyridine rings is 1. The lowest BCUT2D eigenvalue weighted by molar-refractivity contribution is 0.00511. The maximum absolute atomic E-state index is 5.83. The van der Waals surface area contributed by atoms with Crippen LogP contribution in [0, 0.1) is 0 Å². The molecule has 2 atom stereocenters. The van der Waals surface area contributed by atoms with E-state index in [2.05, 4.69) is 22.5 Å². The fraction of sp³-hybridized carbons (Fsp3) is 0.438. The van der Waals surface area contributed by atoms with Crippen molar-refractivity contribution >= 4 is 10.9 Å². The molecule has 1 fully saturated rings. The van der Waals surface area contributed by atoms with Crippen LogP contribution in [0.2, 0.25) is 0 Å². The van der Waals surface area contributed by atoms with Gasteiger partial charge in [-0.1, -0.05) is 18.2 Å². The molecule has 1 aliphatic rings. The van der Waals surface area contributed by atoms with Gasteiger partial charge in [0.15, 0.2) is 0 Å². The van der Waals surface area contributed by atoms with Crippen molar-refractivity contribution in [1.29, 1.82) is 0 Å². The Labute approximate surface area is 119 Å². The third-order valence-corrected chi connectivity index (χ3v) is 4.03. The van der Waals surface area contributed by atoms with Crippen LogP contribution in [0.5, 0.6) is 0 Å². The summed E-state index contributed by atoms with van der Waals surface area (Å²) in [6, 6.07) is 10.4. The summed E-state index contributed by atoms with van der Waals surface area (Å²) in [4.78, 5) is 4.41. The molecule has 0 bridgehead atoms. The molecular formula is C16H21N3O. The Morgan fingerprint density at radius 2 is 2.25 bits per heavy atom. The number of aromatic nitrogens is 1. The van der Waals surface area contributed by atoms with E-state index in [-0.39, 0.29) is 6.04 Å². The number of nitrogens with zero attached hydrogens (tertiary/aromatic N) is 1. The van der Waals surface area contributed by atoms with E-state index < -0.39 is 0 Å². The van der Waals surface area contributed by atoms with Crippen LogP contribution < -0.4 is 11.3 Å². The Hall–Kier alpha value is -1.49. The number of hydrazine groups is 1. The summed E-state index contributed by atoms with van der Waals surface area (Å²) in [5.74, 6) is 5.79. The molecule has 3 rings (SSSR count). The molecule has 0 saturated carbocycles. The van der Waals surface area contributed by atoms with Gasteiger partial charge in [-0.15, -0.1) is 0 Å². The monoisotopic (exact) mass is 271 g/mol. The number of nitrogens with two attached hydrogens (primary N) is 1. The zero-order chi connectivity index (χ0) is 13.8. The predicted octanol–water partition coefficient (Wildman–Crippen LogP) is 2.70. The highest BCUT2D eigenvalue weighted by atomic mass is 16.5. The van der Waals surface area contributed by atoms with Crippen LogP contribution in [0.3, 0.4) is 0 Å². The molecular weight excluding hydrogens is 250 g/mol. The minimum Gasteiger partial charge on any atom is -0.378 e. The Bertz CT molecular complexity index is 561. The third-order valence-electron chi connectivity index (χ3n) is 4.03. The molecule has 3 N–H and O–H groups in total. The number of fused-ring (bicyclic) bond motifs is 1. The molecule has 1 aliphatic heterocycles. The molecule has 2 aromatic rings. The molecule has 1 aromatic carbocycles. The predicted molar refractivity (Wildman–Crippen MR) is 80.0 cm³/mol. The topological polar surface area (TPSA) is 60.2 Å². The first kappa shape index (κ1) is 13.5. The van der Waals surface area contributed by atoms with Crippen LogP contribution in [0.4, 0.5) is 0 Å². The Morgan fingerprint density at radius 3 is 3.05 bits per heavy atom. The summed E-state index contributed by atoms with van der Waals surface area (Å²) in [6.45, 7) is 0.874. The molecule has 1 aromatic heterocycles. The van der Waals surface area contributed by atoms with Gasteiger partial charge in [-0.2, -0.15) is 0 Å². The lowest BCUT2D eigenvalue weighted by Crippen LogP contribution is -2.33. The van der Waals surface area contributed by atoms with E-state index in [1.165, 1.54) is 18.4 Å². The highest BCUT2D eigenvalue weighted by Gasteiger charge is 2.21. The number of rotatable bonds is 4. The fourth-order valence-corrected chi connectivity index (χ4v) is 2.97. The van der Waals surface area contributed by atoms with Gasteiger partial charge in [0.2, 0.25) is 0 Å². The van der Waals surface area contributed by atoms with E-state index in [4.69, 9.17) is 10.6 Å². The highest BCUT2D eigenvalue weighted by molar-refractivity contribution is 5.82. The first-order valence-corrected chi connectivity index (χ1v) is 7.30. The smallest absolute Gasteiger partial charge is 0.0705 e. The molecule has 20 heavy (non-hydrogen) atoms. The van der Waals surface area contributed by atoms with Crippen molar-refractivity contribution in [3.63, 3.8) is 0 Å². The average Bonchev–Trinajstić information content (AvgIpc) is 2.53. The second kappa shape index (κ2) is 6.31. The Balaban J connectivity index is 1.86. The molecule has 0 radical (unpaired) electrons. The van der Waals surface area contributed by atoms with Crippen molar-refractivity contribution < 1.29 is 4.74 Å². The second-order valence-electron chi connectivity index (χ2n) is 5.36.